The number of likely N-dealkylation sites (tertiary alicyclic amines) is 1. The van der Waals surface area contributed by atoms with E-state index >= 15 is 0 Å². The van der Waals surface area contributed by atoms with Crippen molar-refractivity contribution < 1.29 is 22.8 Å². The van der Waals surface area contributed by atoms with Gasteiger partial charge in [0, 0.05) is 39.4 Å². The van der Waals surface area contributed by atoms with Gasteiger partial charge in [0.2, 0.25) is 11.8 Å². The van der Waals surface area contributed by atoms with Crippen molar-refractivity contribution in [2.45, 2.75) is 18.6 Å². The molecular weight excluding hydrogens is 327 g/mol. The number of hydrogen-bond donors (Lipinski definition) is 0. The lowest BCUT2D eigenvalue weighted by molar-refractivity contribution is -0.166. The monoisotopic (exact) mass is 345 g/mol. The Labute approximate surface area is 136 Å². The quantitative estimate of drug-likeness (QED) is 0.734. The third-order valence-corrected chi connectivity index (χ3v) is 4.37. The van der Waals surface area contributed by atoms with Gasteiger partial charge in [-0.05, 0) is 0 Å². The van der Waals surface area contributed by atoms with E-state index in [1.807, 2.05) is 13.2 Å². The van der Waals surface area contributed by atoms with Crippen molar-refractivity contribution in [3.8, 4) is 0 Å². The van der Waals surface area contributed by atoms with Crippen LogP contribution in [-0.4, -0.2) is 76.3 Å². The van der Waals surface area contributed by atoms with Crippen LogP contribution in [-0.2, 0) is 16.6 Å². The Hall–Kier alpha value is -2.10. The number of aryl methyl sites for hydroxylation is 1. The van der Waals surface area contributed by atoms with Gasteiger partial charge in [0.25, 0.3) is 0 Å². The molecule has 0 saturated carbocycles. The number of anilines is 1. The number of amides is 2. The molecule has 2 aliphatic heterocycles. The number of rotatable bonds is 3. The van der Waals surface area contributed by atoms with Crippen LogP contribution in [0.3, 0.4) is 0 Å². The first-order valence-corrected chi connectivity index (χ1v) is 7.63. The van der Waals surface area contributed by atoms with Crippen molar-refractivity contribution in [3.63, 3.8) is 0 Å². The highest BCUT2D eigenvalue weighted by Gasteiger charge is 2.46. The molecule has 7 nitrogen and oxygen atoms in total. The topological polar surface area (TPSA) is 61.7 Å². The normalized spacial score (nSPS) is 23.4. The molecule has 2 amide bonds. The molecule has 10 heteroatoms. The molecule has 0 aromatic carbocycles. The highest BCUT2D eigenvalue weighted by molar-refractivity contribution is 6.05. The number of alkyl halides is 3. The first-order chi connectivity index (χ1) is 11.2. The summed E-state index contributed by atoms with van der Waals surface area (Å²) in [5, 5.41) is 4.10. The van der Waals surface area contributed by atoms with Gasteiger partial charge in [0.05, 0.1) is 24.3 Å². The van der Waals surface area contributed by atoms with E-state index in [0.717, 1.165) is 5.69 Å². The van der Waals surface area contributed by atoms with Crippen LogP contribution < -0.4 is 4.90 Å². The number of aromatic nitrogens is 2. The van der Waals surface area contributed by atoms with Gasteiger partial charge in [-0.25, -0.2) is 0 Å². The van der Waals surface area contributed by atoms with Crippen molar-refractivity contribution >= 4 is 17.5 Å². The minimum atomic E-state index is -4.57. The molecule has 0 unspecified atom stereocenters. The van der Waals surface area contributed by atoms with Crippen molar-refractivity contribution in [1.82, 2.24) is 19.6 Å². The average molecular weight is 345 g/mol. The molecule has 0 radical (unpaired) electrons. The Morgan fingerprint density at radius 3 is 2.42 bits per heavy atom. The average Bonchev–Trinajstić information content (AvgIpc) is 3.05. The molecule has 2 saturated heterocycles. The fourth-order valence-corrected chi connectivity index (χ4v) is 3.16. The summed E-state index contributed by atoms with van der Waals surface area (Å²) in [6.45, 7) is 0.777. The summed E-state index contributed by atoms with van der Waals surface area (Å²) in [5.41, 5.74) is 0.963. The zero-order valence-corrected chi connectivity index (χ0v) is 13.2. The van der Waals surface area contributed by atoms with E-state index in [-0.39, 0.29) is 6.42 Å². The summed E-state index contributed by atoms with van der Waals surface area (Å²) < 4.78 is 39.2. The zero-order chi connectivity index (χ0) is 17.5. The van der Waals surface area contributed by atoms with E-state index in [2.05, 4.69) is 10.00 Å². The van der Waals surface area contributed by atoms with Crippen LogP contribution in [0.25, 0.3) is 0 Å². The molecule has 3 heterocycles. The third-order valence-electron chi connectivity index (χ3n) is 4.37. The Morgan fingerprint density at radius 2 is 1.88 bits per heavy atom. The van der Waals surface area contributed by atoms with Crippen LogP contribution >= 0.6 is 0 Å². The summed E-state index contributed by atoms with van der Waals surface area (Å²) >= 11 is 0. The molecule has 132 valence electrons. The van der Waals surface area contributed by atoms with Gasteiger partial charge in [-0.3, -0.25) is 24.1 Å². The second kappa shape index (κ2) is 6.08. The summed E-state index contributed by atoms with van der Waals surface area (Å²) in [4.78, 5) is 28.2. The predicted molar refractivity (Wildman–Crippen MR) is 78.2 cm³/mol. The van der Waals surface area contributed by atoms with Crippen LogP contribution in [0.4, 0.5) is 18.9 Å². The number of nitrogens with zero attached hydrogens (tertiary/aromatic N) is 5. The summed E-state index contributed by atoms with van der Waals surface area (Å²) in [6, 6.07) is -0.782. The maximum Gasteiger partial charge on any atom is 0.406 e. The number of halogens is 3. The first kappa shape index (κ1) is 16.7. The van der Waals surface area contributed by atoms with Gasteiger partial charge in [-0.2, -0.15) is 18.3 Å². The molecule has 0 aliphatic carbocycles. The molecule has 0 bridgehead atoms. The largest absolute Gasteiger partial charge is 0.406 e. The summed E-state index contributed by atoms with van der Waals surface area (Å²) in [5.74, 6) is -1.50. The van der Waals surface area contributed by atoms with Crippen LogP contribution in [0.2, 0.25) is 0 Å². The van der Waals surface area contributed by atoms with Crippen molar-refractivity contribution in [2.24, 2.45) is 7.05 Å². The number of imide groups is 1. The molecule has 0 spiro atoms. The Morgan fingerprint density at radius 1 is 1.21 bits per heavy atom. The van der Waals surface area contributed by atoms with E-state index in [4.69, 9.17) is 0 Å². The van der Waals surface area contributed by atoms with E-state index in [1.165, 1.54) is 0 Å². The molecule has 1 aromatic heterocycles. The van der Waals surface area contributed by atoms with E-state index in [0.29, 0.717) is 31.1 Å². The molecule has 2 fully saturated rings. The number of carbonyl (C=O) groups excluding carboxylic acids is 2. The Bertz CT molecular complexity index is 637. The first-order valence-electron chi connectivity index (χ1n) is 7.63. The summed E-state index contributed by atoms with van der Waals surface area (Å²) in [6.07, 6.45) is -1.13. The highest BCUT2D eigenvalue weighted by atomic mass is 19.4. The van der Waals surface area contributed by atoms with Crippen molar-refractivity contribution in [2.75, 3.05) is 37.6 Å². The van der Waals surface area contributed by atoms with Gasteiger partial charge < -0.3 is 4.90 Å². The fourth-order valence-electron chi connectivity index (χ4n) is 3.16. The molecular formula is C14H18F3N5O2. The lowest BCUT2D eigenvalue weighted by Crippen LogP contribution is -2.53. The predicted octanol–water partition coefficient (Wildman–Crippen LogP) is 0.232. The zero-order valence-electron chi connectivity index (χ0n) is 13.2. The van der Waals surface area contributed by atoms with E-state index in [1.54, 1.807) is 15.8 Å². The van der Waals surface area contributed by atoms with Crippen molar-refractivity contribution in [3.05, 3.63) is 12.4 Å². The number of piperazine rings is 1. The smallest absolute Gasteiger partial charge is 0.366 e. The second-order valence-corrected chi connectivity index (χ2v) is 6.05. The Kier molecular flexibility index (Phi) is 4.24. The SMILES string of the molecule is Cn1cc(N2CCN([C@@H]3CC(=O)N(CC(F)(F)F)C3=O)CC2)cn1. The number of hydrogen-bond acceptors (Lipinski definition) is 5. The van der Waals surface area contributed by atoms with Gasteiger partial charge in [0.1, 0.15) is 6.54 Å². The summed E-state index contributed by atoms with van der Waals surface area (Å²) in [7, 11) is 1.82. The van der Waals surface area contributed by atoms with Crippen LogP contribution in [0.15, 0.2) is 12.4 Å². The second-order valence-electron chi connectivity index (χ2n) is 6.05. The standard InChI is InChI=1S/C14H18F3N5O2/c1-19-8-10(7-18-19)20-2-4-21(5-3-20)11-6-12(23)22(13(11)24)9-14(15,16)17/h7-8,11H,2-6,9H2,1H3/t11-/m1/s1. The van der Waals surface area contributed by atoms with Gasteiger partial charge in [0.15, 0.2) is 0 Å². The number of carbonyl (C=O) groups is 2. The lowest BCUT2D eigenvalue weighted by Gasteiger charge is -2.37. The maximum atomic E-state index is 12.5. The van der Waals surface area contributed by atoms with Crippen LogP contribution in [0.5, 0.6) is 0 Å². The minimum Gasteiger partial charge on any atom is -0.366 e. The van der Waals surface area contributed by atoms with Crippen LogP contribution in [0.1, 0.15) is 6.42 Å². The molecule has 1 atom stereocenters. The van der Waals surface area contributed by atoms with E-state index in [9.17, 15) is 22.8 Å². The minimum absolute atomic E-state index is 0.179. The van der Waals surface area contributed by atoms with E-state index < -0.39 is 30.6 Å². The molecule has 2 aliphatic rings. The lowest BCUT2D eigenvalue weighted by atomic mass is 10.1. The molecule has 3 rings (SSSR count). The third kappa shape index (κ3) is 3.37. The van der Waals surface area contributed by atoms with Crippen molar-refractivity contribution in [1.29, 1.82) is 0 Å². The maximum absolute atomic E-state index is 12.5. The van der Waals surface area contributed by atoms with Crippen LogP contribution in [0, 0.1) is 0 Å². The van der Waals surface area contributed by atoms with Gasteiger partial charge in [-0.15, -0.1) is 0 Å². The van der Waals surface area contributed by atoms with Gasteiger partial charge >= 0.3 is 6.18 Å². The molecule has 1 aromatic rings. The Balaban J connectivity index is 1.60. The highest BCUT2D eigenvalue weighted by Crippen LogP contribution is 2.25. The molecule has 0 N–H and O–H groups in total. The van der Waals surface area contributed by atoms with Gasteiger partial charge in [-0.1, -0.05) is 0 Å². The molecule has 24 heavy (non-hydrogen) atoms. The fraction of sp³-hybridized carbons (Fsp3) is 0.643.